The van der Waals surface area contributed by atoms with E-state index < -0.39 is 24.0 Å². The number of aliphatic hydroxyl groups is 1. The molecule has 1 aliphatic rings. The monoisotopic (exact) mass is 187 g/mol. The van der Waals surface area contributed by atoms with Gasteiger partial charge in [0.1, 0.15) is 12.1 Å². The predicted octanol–water partition coefficient (Wildman–Crippen LogP) is -0.811. The summed E-state index contributed by atoms with van der Waals surface area (Å²) >= 11 is 0. The van der Waals surface area contributed by atoms with E-state index in [9.17, 15) is 9.59 Å². The number of hydrogen-bond donors (Lipinski definition) is 2. The minimum atomic E-state index is -1.03. The van der Waals surface area contributed by atoms with E-state index in [0.29, 0.717) is 19.4 Å². The van der Waals surface area contributed by atoms with Crippen molar-refractivity contribution in [2.24, 2.45) is 0 Å². The molecule has 1 amide bonds. The summed E-state index contributed by atoms with van der Waals surface area (Å²) in [5.74, 6) is -0.928. The lowest BCUT2D eigenvalue weighted by molar-refractivity contribution is -0.142. The predicted molar refractivity (Wildman–Crippen MR) is 43.8 cm³/mol. The van der Waals surface area contributed by atoms with Crippen LogP contribution in [-0.4, -0.2) is 35.7 Å². The maximum Gasteiger partial charge on any atom is 0.328 e. The van der Waals surface area contributed by atoms with Gasteiger partial charge in [-0.3, -0.25) is 4.79 Å². The minimum absolute atomic E-state index is 0.339. The van der Waals surface area contributed by atoms with Crippen molar-refractivity contribution in [2.45, 2.75) is 31.9 Å². The van der Waals surface area contributed by atoms with Gasteiger partial charge in [0.2, 0.25) is 5.91 Å². The number of rotatable bonds is 3. The van der Waals surface area contributed by atoms with E-state index in [1.165, 1.54) is 0 Å². The maximum atomic E-state index is 11.1. The summed E-state index contributed by atoms with van der Waals surface area (Å²) in [5.41, 5.74) is 0. The second kappa shape index (κ2) is 4.23. The average molecular weight is 187 g/mol. The van der Waals surface area contributed by atoms with Crippen molar-refractivity contribution in [3.8, 4) is 0 Å². The SMILES string of the molecule is CCC(O)C(=O)N[C@H]1CCOC1=O. The highest BCUT2D eigenvalue weighted by molar-refractivity contribution is 5.87. The molecule has 1 fully saturated rings. The van der Waals surface area contributed by atoms with Gasteiger partial charge in [0.25, 0.3) is 0 Å². The van der Waals surface area contributed by atoms with E-state index in [4.69, 9.17) is 5.11 Å². The molecule has 0 saturated carbocycles. The van der Waals surface area contributed by atoms with Crippen LogP contribution in [0.1, 0.15) is 19.8 Å². The average Bonchev–Trinajstić information content (AvgIpc) is 2.50. The second-order valence-corrected chi connectivity index (χ2v) is 2.94. The van der Waals surface area contributed by atoms with Gasteiger partial charge in [0.05, 0.1) is 6.61 Å². The molecule has 0 aromatic rings. The highest BCUT2D eigenvalue weighted by Crippen LogP contribution is 2.06. The highest BCUT2D eigenvalue weighted by atomic mass is 16.5. The van der Waals surface area contributed by atoms with Gasteiger partial charge in [0.15, 0.2) is 0 Å². The summed E-state index contributed by atoms with van der Waals surface area (Å²) in [7, 11) is 0. The first-order valence-electron chi connectivity index (χ1n) is 4.30. The van der Waals surface area contributed by atoms with Gasteiger partial charge in [-0.05, 0) is 6.42 Å². The number of carbonyl (C=O) groups excluding carboxylic acids is 2. The Kier molecular flexibility index (Phi) is 3.25. The van der Waals surface area contributed by atoms with E-state index in [1.807, 2.05) is 0 Å². The van der Waals surface area contributed by atoms with Gasteiger partial charge in [-0.1, -0.05) is 6.92 Å². The van der Waals surface area contributed by atoms with E-state index in [2.05, 4.69) is 10.1 Å². The summed E-state index contributed by atoms with van der Waals surface area (Å²) in [4.78, 5) is 22.0. The van der Waals surface area contributed by atoms with Crippen LogP contribution in [-0.2, 0) is 14.3 Å². The van der Waals surface area contributed by atoms with E-state index in [-0.39, 0.29) is 0 Å². The zero-order valence-electron chi connectivity index (χ0n) is 7.45. The molecule has 74 valence electrons. The number of nitrogens with one attached hydrogen (secondary N) is 1. The molecule has 0 aromatic heterocycles. The molecule has 1 heterocycles. The van der Waals surface area contributed by atoms with Gasteiger partial charge >= 0.3 is 5.97 Å². The topological polar surface area (TPSA) is 75.6 Å². The van der Waals surface area contributed by atoms with Crippen molar-refractivity contribution in [3.05, 3.63) is 0 Å². The Bertz CT molecular complexity index is 216. The molecule has 5 nitrogen and oxygen atoms in total. The van der Waals surface area contributed by atoms with Crippen LogP contribution in [0, 0.1) is 0 Å². The number of aliphatic hydroxyl groups excluding tert-OH is 1. The fourth-order valence-electron chi connectivity index (χ4n) is 1.08. The third kappa shape index (κ3) is 2.42. The molecule has 5 heteroatoms. The molecule has 0 aliphatic carbocycles. The first-order chi connectivity index (χ1) is 6.15. The van der Waals surface area contributed by atoms with Gasteiger partial charge in [-0.15, -0.1) is 0 Å². The zero-order chi connectivity index (χ0) is 9.84. The number of amides is 1. The molecule has 0 aromatic carbocycles. The summed E-state index contributed by atoms with van der Waals surface area (Å²) in [6, 6.07) is -0.575. The number of hydrogen-bond acceptors (Lipinski definition) is 4. The normalized spacial score (nSPS) is 23.8. The molecule has 0 bridgehead atoms. The lowest BCUT2D eigenvalue weighted by Crippen LogP contribution is -2.43. The summed E-state index contributed by atoms with van der Waals surface area (Å²) in [5, 5.41) is 11.5. The van der Waals surface area contributed by atoms with Crippen LogP contribution in [0.2, 0.25) is 0 Å². The Morgan fingerprint density at radius 2 is 2.54 bits per heavy atom. The number of carbonyl (C=O) groups is 2. The van der Waals surface area contributed by atoms with Crippen molar-refractivity contribution >= 4 is 11.9 Å². The fourth-order valence-corrected chi connectivity index (χ4v) is 1.08. The number of cyclic esters (lactones) is 1. The molecule has 0 spiro atoms. The molecule has 1 aliphatic heterocycles. The Balaban J connectivity index is 2.39. The van der Waals surface area contributed by atoms with Crippen molar-refractivity contribution < 1.29 is 19.4 Å². The molecule has 2 atom stereocenters. The van der Waals surface area contributed by atoms with Crippen LogP contribution in [0.4, 0.5) is 0 Å². The molecule has 0 radical (unpaired) electrons. The molecule has 2 N–H and O–H groups in total. The Morgan fingerprint density at radius 1 is 1.85 bits per heavy atom. The van der Waals surface area contributed by atoms with E-state index in [0.717, 1.165) is 0 Å². The van der Waals surface area contributed by atoms with Crippen molar-refractivity contribution in [1.29, 1.82) is 0 Å². The van der Waals surface area contributed by atoms with Gasteiger partial charge in [-0.2, -0.15) is 0 Å². The minimum Gasteiger partial charge on any atom is -0.464 e. The third-order valence-corrected chi connectivity index (χ3v) is 1.94. The lowest BCUT2D eigenvalue weighted by Gasteiger charge is -2.11. The van der Waals surface area contributed by atoms with E-state index >= 15 is 0 Å². The molecule has 1 saturated heterocycles. The van der Waals surface area contributed by atoms with Crippen LogP contribution in [0.3, 0.4) is 0 Å². The van der Waals surface area contributed by atoms with Crippen LogP contribution in [0.15, 0.2) is 0 Å². The summed E-state index contributed by atoms with van der Waals surface area (Å²) in [6.07, 6.45) is -0.206. The second-order valence-electron chi connectivity index (χ2n) is 2.94. The Hall–Kier alpha value is -1.10. The van der Waals surface area contributed by atoms with Gasteiger partial charge < -0.3 is 15.2 Å². The Morgan fingerprint density at radius 3 is 3.00 bits per heavy atom. The largest absolute Gasteiger partial charge is 0.464 e. The Labute approximate surface area is 76.1 Å². The standard InChI is InChI=1S/C8H13NO4/c1-2-6(10)7(11)9-5-3-4-13-8(5)12/h5-6,10H,2-4H2,1H3,(H,9,11)/t5-,6?/m0/s1. The number of esters is 1. The first kappa shape index (κ1) is 9.98. The van der Waals surface area contributed by atoms with Crippen molar-refractivity contribution in [3.63, 3.8) is 0 Å². The van der Waals surface area contributed by atoms with Gasteiger partial charge in [0, 0.05) is 6.42 Å². The summed E-state index contributed by atoms with van der Waals surface area (Å²) < 4.78 is 4.64. The highest BCUT2D eigenvalue weighted by Gasteiger charge is 2.29. The smallest absolute Gasteiger partial charge is 0.328 e. The van der Waals surface area contributed by atoms with Crippen LogP contribution < -0.4 is 5.32 Å². The lowest BCUT2D eigenvalue weighted by atomic mass is 10.2. The van der Waals surface area contributed by atoms with Crippen LogP contribution >= 0.6 is 0 Å². The van der Waals surface area contributed by atoms with Crippen molar-refractivity contribution in [2.75, 3.05) is 6.61 Å². The molecular weight excluding hydrogens is 174 g/mol. The quantitative estimate of drug-likeness (QED) is 0.566. The number of ether oxygens (including phenoxy) is 1. The fraction of sp³-hybridized carbons (Fsp3) is 0.750. The molecule has 1 rings (SSSR count). The van der Waals surface area contributed by atoms with Gasteiger partial charge in [-0.25, -0.2) is 4.79 Å². The van der Waals surface area contributed by atoms with E-state index in [1.54, 1.807) is 6.92 Å². The van der Waals surface area contributed by atoms with Crippen LogP contribution in [0.5, 0.6) is 0 Å². The molecule has 1 unspecified atom stereocenters. The summed E-state index contributed by atoms with van der Waals surface area (Å²) in [6.45, 7) is 2.03. The first-order valence-corrected chi connectivity index (χ1v) is 4.30. The molecular formula is C8H13NO4. The zero-order valence-corrected chi connectivity index (χ0v) is 7.45. The third-order valence-electron chi connectivity index (χ3n) is 1.94. The van der Waals surface area contributed by atoms with Crippen molar-refractivity contribution in [1.82, 2.24) is 5.32 Å². The van der Waals surface area contributed by atoms with Crippen LogP contribution in [0.25, 0.3) is 0 Å². The molecule has 13 heavy (non-hydrogen) atoms. The maximum absolute atomic E-state index is 11.1.